The van der Waals surface area contributed by atoms with Gasteiger partial charge in [-0.3, -0.25) is 0 Å². The molecule has 2 aromatic carbocycles. The molecule has 0 bridgehead atoms. The quantitative estimate of drug-likeness (QED) is 0.823. The molecule has 1 aliphatic heterocycles. The van der Waals surface area contributed by atoms with Crippen molar-refractivity contribution in [2.24, 2.45) is 4.99 Å². The summed E-state index contributed by atoms with van der Waals surface area (Å²) in [6, 6.07) is 18.1. The second-order valence-corrected chi connectivity index (χ2v) is 5.57. The Labute approximate surface area is 126 Å². The number of hydrogen-bond donors (Lipinski definition) is 0. The molecule has 0 spiro atoms. The van der Waals surface area contributed by atoms with E-state index in [9.17, 15) is 0 Å². The predicted molar refractivity (Wildman–Crippen MR) is 85.9 cm³/mol. The third kappa shape index (κ3) is 2.68. The SMILES string of the molecule is C=C(c1ccc(Br)cc1)[C@H]1CN=C(c2ccccc2)O1. The van der Waals surface area contributed by atoms with Crippen LogP contribution in [0.3, 0.4) is 0 Å². The highest BCUT2D eigenvalue weighted by Gasteiger charge is 2.24. The molecule has 0 aromatic heterocycles. The maximum Gasteiger partial charge on any atom is 0.216 e. The van der Waals surface area contributed by atoms with Crippen LogP contribution in [0.2, 0.25) is 0 Å². The van der Waals surface area contributed by atoms with Crippen molar-refractivity contribution < 1.29 is 4.74 Å². The second-order valence-electron chi connectivity index (χ2n) is 4.65. The van der Waals surface area contributed by atoms with E-state index in [1.807, 2.05) is 54.6 Å². The number of rotatable bonds is 3. The summed E-state index contributed by atoms with van der Waals surface area (Å²) in [6.45, 7) is 4.78. The summed E-state index contributed by atoms with van der Waals surface area (Å²) in [5, 5.41) is 0. The third-order valence-electron chi connectivity index (χ3n) is 3.28. The lowest BCUT2D eigenvalue weighted by Crippen LogP contribution is -2.15. The molecule has 0 radical (unpaired) electrons. The monoisotopic (exact) mass is 327 g/mol. The predicted octanol–water partition coefficient (Wildman–Crippen LogP) is 4.31. The fourth-order valence-electron chi connectivity index (χ4n) is 2.15. The van der Waals surface area contributed by atoms with E-state index in [0.717, 1.165) is 21.2 Å². The van der Waals surface area contributed by atoms with Gasteiger partial charge in [-0.2, -0.15) is 0 Å². The summed E-state index contributed by atoms with van der Waals surface area (Å²) in [4.78, 5) is 4.48. The Bertz CT molecular complexity index is 646. The molecule has 1 heterocycles. The molecular weight excluding hydrogens is 314 g/mol. The van der Waals surface area contributed by atoms with Crippen molar-refractivity contribution in [3.8, 4) is 0 Å². The van der Waals surface area contributed by atoms with Gasteiger partial charge < -0.3 is 4.74 Å². The zero-order valence-corrected chi connectivity index (χ0v) is 12.5. The van der Waals surface area contributed by atoms with Crippen molar-refractivity contribution in [1.82, 2.24) is 0 Å². The minimum Gasteiger partial charge on any atom is -0.467 e. The Morgan fingerprint density at radius 3 is 2.50 bits per heavy atom. The molecule has 2 aromatic rings. The molecule has 0 aliphatic carbocycles. The zero-order valence-electron chi connectivity index (χ0n) is 10.9. The van der Waals surface area contributed by atoms with E-state index in [-0.39, 0.29) is 6.10 Å². The minimum atomic E-state index is -0.0774. The molecule has 100 valence electrons. The number of ether oxygens (including phenoxy) is 1. The standard InChI is InChI=1S/C17H14BrNO/c1-12(13-7-9-15(18)10-8-13)16-11-19-17(20-16)14-5-3-2-4-6-14/h2-10,16H,1,11H2/t16-/m1/s1. The van der Waals surface area contributed by atoms with Crippen LogP contribution in [0.25, 0.3) is 5.57 Å². The van der Waals surface area contributed by atoms with Crippen molar-refractivity contribution in [2.45, 2.75) is 6.10 Å². The van der Waals surface area contributed by atoms with Crippen LogP contribution in [0.1, 0.15) is 11.1 Å². The van der Waals surface area contributed by atoms with Crippen molar-refractivity contribution in [3.05, 3.63) is 76.8 Å². The van der Waals surface area contributed by atoms with Crippen LogP contribution in [-0.2, 0) is 4.74 Å². The molecule has 0 amide bonds. The number of aliphatic imine (C=N–C) groups is 1. The highest BCUT2D eigenvalue weighted by atomic mass is 79.9. The normalized spacial score (nSPS) is 17.4. The second kappa shape index (κ2) is 5.63. The molecule has 3 rings (SSSR count). The molecular formula is C17H14BrNO. The van der Waals surface area contributed by atoms with E-state index >= 15 is 0 Å². The maximum atomic E-state index is 5.93. The van der Waals surface area contributed by atoms with E-state index in [1.165, 1.54) is 0 Å². The fraction of sp³-hybridized carbons (Fsp3) is 0.118. The number of halogens is 1. The van der Waals surface area contributed by atoms with Crippen LogP contribution in [-0.4, -0.2) is 18.5 Å². The third-order valence-corrected chi connectivity index (χ3v) is 3.81. The van der Waals surface area contributed by atoms with Crippen LogP contribution in [0.5, 0.6) is 0 Å². The molecule has 0 fully saturated rings. The first kappa shape index (κ1) is 13.1. The van der Waals surface area contributed by atoms with Gasteiger partial charge in [-0.25, -0.2) is 4.99 Å². The number of hydrogen-bond acceptors (Lipinski definition) is 2. The summed E-state index contributed by atoms with van der Waals surface area (Å²) in [7, 11) is 0. The Kier molecular flexibility index (Phi) is 3.70. The summed E-state index contributed by atoms with van der Waals surface area (Å²) in [6.07, 6.45) is -0.0774. The van der Waals surface area contributed by atoms with Gasteiger partial charge in [0.2, 0.25) is 5.90 Å². The van der Waals surface area contributed by atoms with Crippen molar-refractivity contribution in [3.63, 3.8) is 0 Å². The summed E-state index contributed by atoms with van der Waals surface area (Å²) < 4.78 is 6.99. The van der Waals surface area contributed by atoms with E-state index in [2.05, 4.69) is 27.5 Å². The van der Waals surface area contributed by atoms with Crippen LogP contribution in [0.4, 0.5) is 0 Å². The molecule has 0 saturated carbocycles. The Morgan fingerprint density at radius 1 is 1.10 bits per heavy atom. The van der Waals surface area contributed by atoms with Gasteiger partial charge in [0.05, 0.1) is 6.54 Å². The minimum absolute atomic E-state index is 0.0774. The summed E-state index contributed by atoms with van der Waals surface area (Å²) in [5.41, 5.74) is 3.06. The lowest BCUT2D eigenvalue weighted by molar-refractivity contribution is 0.284. The average molecular weight is 328 g/mol. The van der Waals surface area contributed by atoms with Gasteiger partial charge in [-0.05, 0) is 35.4 Å². The highest BCUT2D eigenvalue weighted by molar-refractivity contribution is 9.10. The first-order valence-corrected chi connectivity index (χ1v) is 7.24. The number of benzene rings is 2. The molecule has 0 saturated heterocycles. The Morgan fingerprint density at radius 2 is 1.80 bits per heavy atom. The Balaban J connectivity index is 1.73. The van der Waals surface area contributed by atoms with Crippen LogP contribution >= 0.6 is 15.9 Å². The summed E-state index contributed by atoms with van der Waals surface area (Å²) in [5.74, 6) is 0.703. The van der Waals surface area contributed by atoms with Crippen molar-refractivity contribution >= 4 is 27.4 Å². The van der Waals surface area contributed by atoms with Gasteiger partial charge in [0.25, 0.3) is 0 Å². The molecule has 0 unspecified atom stereocenters. The first-order valence-electron chi connectivity index (χ1n) is 6.45. The van der Waals surface area contributed by atoms with Gasteiger partial charge in [0, 0.05) is 10.0 Å². The average Bonchev–Trinajstić information content (AvgIpc) is 2.98. The zero-order chi connectivity index (χ0) is 13.9. The van der Waals surface area contributed by atoms with Gasteiger partial charge in [-0.15, -0.1) is 0 Å². The molecule has 1 atom stereocenters. The van der Waals surface area contributed by atoms with Crippen LogP contribution in [0.15, 0.2) is 70.6 Å². The molecule has 0 N–H and O–H groups in total. The topological polar surface area (TPSA) is 21.6 Å². The largest absolute Gasteiger partial charge is 0.467 e. The molecule has 20 heavy (non-hydrogen) atoms. The Hall–Kier alpha value is -1.87. The van der Waals surface area contributed by atoms with Gasteiger partial charge in [0.1, 0.15) is 6.10 Å². The van der Waals surface area contributed by atoms with Crippen molar-refractivity contribution in [2.75, 3.05) is 6.54 Å². The lowest BCUT2D eigenvalue weighted by atomic mass is 10.0. The smallest absolute Gasteiger partial charge is 0.216 e. The molecule has 3 heteroatoms. The van der Waals surface area contributed by atoms with Crippen LogP contribution < -0.4 is 0 Å². The van der Waals surface area contributed by atoms with E-state index in [0.29, 0.717) is 12.4 Å². The van der Waals surface area contributed by atoms with E-state index in [4.69, 9.17) is 4.74 Å². The fourth-order valence-corrected chi connectivity index (χ4v) is 2.41. The summed E-state index contributed by atoms with van der Waals surface area (Å²) >= 11 is 3.43. The lowest BCUT2D eigenvalue weighted by Gasteiger charge is -2.14. The van der Waals surface area contributed by atoms with Gasteiger partial charge in [0.15, 0.2) is 0 Å². The van der Waals surface area contributed by atoms with Crippen molar-refractivity contribution in [1.29, 1.82) is 0 Å². The van der Waals surface area contributed by atoms with E-state index in [1.54, 1.807) is 0 Å². The van der Waals surface area contributed by atoms with Gasteiger partial charge in [-0.1, -0.05) is 52.8 Å². The molecule has 2 nitrogen and oxygen atoms in total. The first-order chi connectivity index (χ1) is 9.74. The number of nitrogens with zero attached hydrogens (tertiary/aromatic N) is 1. The van der Waals surface area contributed by atoms with Crippen LogP contribution in [0, 0.1) is 0 Å². The van der Waals surface area contributed by atoms with Gasteiger partial charge >= 0.3 is 0 Å². The maximum absolute atomic E-state index is 5.93. The highest BCUT2D eigenvalue weighted by Crippen LogP contribution is 2.25. The van der Waals surface area contributed by atoms with E-state index < -0.39 is 0 Å². The molecule has 1 aliphatic rings.